The van der Waals surface area contributed by atoms with Gasteiger partial charge in [-0.05, 0) is 42.0 Å². The van der Waals surface area contributed by atoms with Gasteiger partial charge in [0.1, 0.15) is 11.5 Å². The molecule has 0 fully saturated rings. The fraction of sp³-hybridized carbons (Fsp3) is 0.100. The molecule has 1 N–H and O–H groups in total. The highest BCUT2D eigenvalue weighted by molar-refractivity contribution is 6.30. The third kappa shape index (κ3) is 5.23. The zero-order valence-electron chi connectivity index (χ0n) is 14.3. The van der Waals surface area contributed by atoms with Crippen LogP contribution in [0.15, 0.2) is 70.2 Å². The zero-order valence-corrected chi connectivity index (χ0v) is 15.1. The Balaban J connectivity index is 1.61. The first kappa shape index (κ1) is 19.7. The van der Waals surface area contributed by atoms with E-state index in [4.69, 9.17) is 16.0 Å². The van der Waals surface area contributed by atoms with E-state index in [2.05, 4.69) is 10.5 Å². The Bertz CT molecular complexity index is 995. The number of hydrogen-bond acceptors (Lipinski definition) is 3. The van der Waals surface area contributed by atoms with Crippen molar-refractivity contribution in [1.82, 2.24) is 5.43 Å². The van der Waals surface area contributed by atoms with E-state index in [9.17, 15) is 18.0 Å². The molecule has 0 saturated carbocycles. The molecule has 0 aliphatic carbocycles. The van der Waals surface area contributed by atoms with Crippen molar-refractivity contribution in [1.29, 1.82) is 0 Å². The van der Waals surface area contributed by atoms with Crippen LogP contribution >= 0.6 is 11.6 Å². The van der Waals surface area contributed by atoms with Crippen molar-refractivity contribution in [2.45, 2.75) is 12.6 Å². The Morgan fingerprint density at radius 3 is 2.57 bits per heavy atom. The predicted molar refractivity (Wildman–Crippen MR) is 100 cm³/mol. The Kier molecular flexibility index (Phi) is 5.84. The number of carbonyl (C=O) groups is 1. The summed E-state index contributed by atoms with van der Waals surface area (Å²) in [5.74, 6) is 0.225. The van der Waals surface area contributed by atoms with Crippen LogP contribution in [0.2, 0.25) is 5.02 Å². The van der Waals surface area contributed by atoms with Crippen LogP contribution in [0.1, 0.15) is 16.9 Å². The van der Waals surface area contributed by atoms with Crippen LogP contribution in [0.25, 0.3) is 11.3 Å². The first-order valence-corrected chi connectivity index (χ1v) is 8.53. The molecule has 0 radical (unpaired) electrons. The van der Waals surface area contributed by atoms with Gasteiger partial charge < -0.3 is 4.42 Å². The van der Waals surface area contributed by atoms with Gasteiger partial charge in [0.25, 0.3) is 0 Å². The number of hydrogen-bond donors (Lipinski definition) is 1. The van der Waals surface area contributed by atoms with Gasteiger partial charge in [-0.2, -0.15) is 18.3 Å². The molecule has 144 valence electrons. The van der Waals surface area contributed by atoms with E-state index in [-0.39, 0.29) is 18.1 Å². The minimum Gasteiger partial charge on any atom is -0.455 e. The quantitative estimate of drug-likeness (QED) is 0.461. The van der Waals surface area contributed by atoms with Gasteiger partial charge in [0, 0.05) is 10.6 Å². The number of nitrogens with zero attached hydrogens (tertiary/aromatic N) is 1. The first-order chi connectivity index (χ1) is 13.3. The van der Waals surface area contributed by atoms with Gasteiger partial charge in [-0.1, -0.05) is 35.9 Å². The third-order valence-corrected chi connectivity index (χ3v) is 4.01. The van der Waals surface area contributed by atoms with E-state index < -0.39 is 11.7 Å². The van der Waals surface area contributed by atoms with Crippen LogP contribution in [0.4, 0.5) is 13.2 Å². The lowest BCUT2D eigenvalue weighted by Crippen LogP contribution is -2.19. The zero-order chi connectivity index (χ0) is 20.1. The van der Waals surface area contributed by atoms with E-state index >= 15 is 0 Å². The maximum atomic E-state index is 12.8. The van der Waals surface area contributed by atoms with Crippen molar-refractivity contribution < 1.29 is 22.4 Å². The first-order valence-electron chi connectivity index (χ1n) is 8.15. The maximum absolute atomic E-state index is 12.8. The van der Waals surface area contributed by atoms with Crippen molar-refractivity contribution >= 4 is 23.7 Å². The number of amides is 1. The molecule has 4 nitrogen and oxygen atoms in total. The minimum absolute atomic E-state index is 0.127. The Hall–Kier alpha value is -3.06. The second kappa shape index (κ2) is 8.31. The number of hydrazone groups is 1. The smallest absolute Gasteiger partial charge is 0.416 e. The highest BCUT2D eigenvalue weighted by atomic mass is 35.5. The summed E-state index contributed by atoms with van der Waals surface area (Å²) >= 11 is 5.79. The normalized spacial score (nSPS) is 11.7. The molecule has 1 amide bonds. The molecule has 1 aromatic heterocycles. The molecule has 3 aromatic rings. The van der Waals surface area contributed by atoms with Gasteiger partial charge in [0.15, 0.2) is 0 Å². The lowest BCUT2D eigenvalue weighted by Gasteiger charge is -2.07. The van der Waals surface area contributed by atoms with Crippen molar-refractivity contribution in [3.63, 3.8) is 0 Å². The largest absolute Gasteiger partial charge is 0.455 e. The number of benzene rings is 2. The van der Waals surface area contributed by atoms with E-state index in [1.807, 2.05) is 0 Å². The maximum Gasteiger partial charge on any atom is 0.416 e. The Labute approximate surface area is 163 Å². The number of carbonyl (C=O) groups excluding carboxylic acids is 1. The summed E-state index contributed by atoms with van der Waals surface area (Å²) in [5.41, 5.74) is 2.68. The second-order valence-corrected chi connectivity index (χ2v) is 6.31. The average Bonchev–Trinajstić information content (AvgIpc) is 3.12. The molecular formula is C20H14ClF3N2O2. The third-order valence-electron chi connectivity index (χ3n) is 3.76. The van der Waals surface area contributed by atoms with Crippen LogP contribution in [-0.2, 0) is 17.4 Å². The number of halogens is 4. The second-order valence-electron chi connectivity index (χ2n) is 5.88. The summed E-state index contributed by atoms with van der Waals surface area (Å²) in [6.07, 6.45) is -3.03. The number of nitrogens with one attached hydrogen (secondary N) is 1. The standard InChI is InChI=1S/C20H14ClF3N2O2/c21-16-6-4-13(5-7-16)10-19(27)26-25-12-17-8-9-18(28-17)14-2-1-3-15(11-14)20(22,23)24/h1-9,11-12H,10H2,(H,26,27)/b25-12+. The lowest BCUT2D eigenvalue weighted by molar-refractivity contribution is -0.137. The van der Waals surface area contributed by atoms with Gasteiger partial charge in [-0.3, -0.25) is 4.79 Å². The summed E-state index contributed by atoms with van der Waals surface area (Å²) in [6, 6.07) is 14.7. The monoisotopic (exact) mass is 406 g/mol. The fourth-order valence-electron chi connectivity index (χ4n) is 2.42. The van der Waals surface area contributed by atoms with Crippen molar-refractivity contribution in [2.24, 2.45) is 5.10 Å². The molecule has 3 rings (SSSR count). The highest BCUT2D eigenvalue weighted by Crippen LogP contribution is 2.32. The number of rotatable bonds is 5. The number of alkyl halides is 3. The summed E-state index contributed by atoms with van der Waals surface area (Å²) in [4.78, 5) is 11.9. The van der Waals surface area contributed by atoms with Crippen LogP contribution < -0.4 is 5.43 Å². The van der Waals surface area contributed by atoms with E-state index in [0.29, 0.717) is 16.3 Å². The van der Waals surface area contributed by atoms with Crippen LogP contribution in [0, 0.1) is 0 Å². The molecule has 28 heavy (non-hydrogen) atoms. The van der Waals surface area contributed by atoms with E-state index in [0.717, 1.165) is 17.7 Å². The number of furan rings is 1. The van der Waals surface area contributed by atoms with Gasteiger partial charge >= 0.3 is 6.18 Å². The molecule has 0 bridgehead atoms. The van der Waals surface area contributed by atoms with E-state index in [1.54, 1.807) is 30.3 Å². The highest BCUT2D eigenvalue weighted by Gasteiger charge is 2.30. The van der Waals surface area contributed by atoms with Gasteiger partial charge in [0.05, 0.1) is 18.2 Å². The molecular weight excluding hydrogens is 393 g/mol. The van der Waals surface area contributed by atoms with Crippen LogP contribution in [0.5, 0.6) is 0 Å². The molecule has 1 heterocycles. The van der Waals surface area contributed by atoms with Crippen molar-refractivity contribution in [3.05, 3.63) is 82.6 Å². The van der Waals surface area contributed by atoms with Crippen molar-refractivity contribution in [2.75, 3.05) is 0 Å². The minimum atomic E-state index is -4.43. The van der Waals surface area contributed by atoms with Gasteiger partial charge in [-0.15, -0.1) is 0 Å². The molecule has 0 aliphatic rings. The summed E-state index contributed by atoms with van der Waals surface area (Å²) in [5, 5.41) is 4.37. The molecule has 0 spiro atoms. The van der Waals surface area contributed by atoms with Gasteiger partial charge in [0.2, 0.25) is 5.91 Å². The molecule has 0 saturated heterocycles. The summed E-state index contributed by atoms with van der Waals surface area (Å²) in [6.45, 7) is 0. The average molecular weight is 407 g/mol. The molecule has 2 aromatic carbocycles. The fourth-order valence-corrected chi connectivity index (χ4v) is 2.55. The Morgan fingerprint density at radius 2 is 1.86 bits per heavy atom. The van der Waals surface area contributed by atoms with Crippen molar-refractivity contribution in [3.8, 4) is 11.3 Å². The SMILES string of the molecule is O=C(Cc1ccc(Cl)cc1)N/N=C/c1ccc(-c2cccc(C(F)(F)F)c2)o1. The predicted octanol–water partition coefficient (Wildman–Crippen LogP) is 5.31. The van der Waals surface area contributed by atoms with Crippen LogP contribution in [-0.4, -0.2) is 12.1 Å². The molecule has 8 heteroatoms. The van der Waals surface area contributed by atoms with E-state index in [1.165, 1.54) is 24.4 Å². The summed E-state index contributed by atoms with van der Waals surface area (Å²) in [7, 11) is 0. The van der Waals surface area contributed by atoms with Crippen LogP contribution in [0.3, 0.4) is 0 Å². The topological polar surface area (TPSA) is 54.6 Å². The summed E-state index contributed by atoms with van der Waals surface area (Å²) < 4.78 is 43.9. The van der Waals surface area contributed by atoms with Gasteiger partial charge in [-0.25, -0.2) is 5.43 Å². The Morgan fingerprint density at radius 1 is 1.11 bits per heavy atom. The lowest BCUT2D eigenvalue weighted by atomic mass is 10.1. The molecule has 0 atom stereocenters. The molecule has 0 aliphatic heterocycles. The molecule has 0 unspecified atom stereocenters.